The van der Waals surface area contributed by atoms with Gasteiger partial charge in [0.25, 0.3) is 0 Å². The Morgan fingerprint density at radius 2 is 1.35 bits per heavy atom. The summed E-state index contributed by atoms with van der Waals surface area (Å²) in [5.41, 5.74) is 22.0. The molecule has 14 nitrogen and oxygen atoms in total. The number of nitrogens with zero attached hydrogens (tertiary/aromatic N) is 2. The van der Waals surface area contributed by atoms with Crippen LogP contribution >= 0.6 is 0 Å². The molecule has 3 atom stereocenters. The van der Waals surface area contributed by atoms with E-state index in [9.17, 15) is 33.0 Å². The largest absolute Gasteiger partial charge is 0.496 e. The molecule has 0 fully saturated rings. The molecule has 0 aromatic heterocycles. The number of nitrogens with one attached hydrogen (secondary N) is 1. The highest BCUT2D eigenvalue weighted by Crippen LogP contribution is 2.44. The number of aliphatic carboxylic acids is 2. The SMILES string of the molecule is COc1cc(C)c(S(=O)(=O)C(CN=C(N)N)C[C@H](NN([C@@H](CC(N)=O)C(=O)O)C(c2ccccc2)(c2ccccc2)c2ccc(C)cc2)C(=O)O)c(C)c1C. The van der Waals surface area contributed by atoms with Gasteiger partial charge in [0.1, 0.15) is 23.4 Å². The third kappa shape index (κ3) is 8.96. The molecule has 0 saturated carbocycles. The van der Waals surface area contributed by atoms with Crippen LogP contribution in [0, 0.1) is 27.7 Å². The fourth-order valence-electron chi connectivity index (χ4n) is 6.95. The minimum absolute atomic E-state index is 0.0395. The molecule has 4 rings (SSSR count). The summed E-state index contributed by atoms with van der Waals surface area (Å²) in [5, 5.41) is 21.4. The molecule has 9 N–H and O–H groups in total. The van der Waals surface area contributed by atoms with Crippen molar-refractivity contribution in [1.82, 2.24) is 10.4 Å². The number of aryl methyl sites for hydroxylation is 2. The number of carboxylic acid groups (broad SMARTS) is 2. The van der Waals surface area contributed by atoms with Crippen molar-refractivity contribution in [3.05, 3.63) is 130 Å². The van der Waals surface area contributed by atoms with Crippen molar-refractivity contribution in [2.75, 3.05) is 13.7 Å². The van der Waals surface area contributed by atoms with E-state index in [1.165, 1.54) is 12.1 Å². The van der Waals surface area contributed by atoms with E-state index in [1.54, 1.807) is 99.6 Å². The van der Waals surface area contributed by atoms with Crippen LogP contribution in [0.15, 0.2) is 101 Å². The number of methoxy groups -OCH3 is 1. The zero-order valence-corrected chi connectivity index (χ0v) is 32.2. The number of carboxylic acids is 2. The molecule has 4 aromatic rings. The number of nitrogens with two attached hydrogens (primary N) is 3. The third-order valence-electron chi connectivity index (χ3n) is 9.70. The zero-order valence-electron chi connectivity index (χ0n) is 31.4. The van der Waals surface area contributed by atoms with Crippen LogP contribution in [0.4, 0.5) is 0 Å². The molecule has 15 heteroatoms. The monoisotopic (exact) mass is 772 g/mol. The minimum Gasteiger partial charge on any atom is -0.496 e. The Morgan fingerprint density at radius 3 is 1.80 bits per heavy atom. The molecule has 0 radical (unpaired) electrons. The molecular weight excluding hydrogens is 725 g/mol. The second-order valence-corrected chi connectivity index (χ2v) is 15.5. The van der Waals surface area contributed by atoms with Crippen molar-refractivity contribution in [2.24, 2.45) is 22.2 Å². The molecule has 0 spiro atoms. The van der Waals surface area contributed by atoms with E-state index in [1.807, 2.05) is 19.1 Å². The van der Waals surface area contributed by atoms with Gasteiger partial charge >= 0.3 is 11.9 Å². The minimum atomic E-state index is -4.41. The zero-order chi connectivity index (χ0) is 40.7. The fraction of sp³-hybridized carbons (Fsp3) is 0.300. The number of carbonyl (C=O) groups is 3. The van der Waals surface area contributed by atoms with E-state index in [0.717, 1.165) is 5.56 Å². The topological polar surface area (TPSA) is 241 Å². The van der Waals surface area contributed by atoms with E-state index in [4.69, 9.17) is 21.9 Å². The molecule has 0 bridgehead atoms. The molecule has 0 heterocycles. The maximum absolute atomic E-state index is 14.7. The maximum atomic E-state index is 14.7. The van der Waals surface area contributed by atoms with Gasteiger partial charge < -0.3 is 32.2 Å². The molecule has 1 amide bonds. The predicted octanol–water partition coefficient (Wildman–Crippen LogP) is 3.32. The van der Waals surface area contributed by atoms with Crippen molar-refractivity contribution in [2.45, 2.75) is 68.3 Å². The Balaban J connectivity index is 2.05. The summed E-state index contributed by atoms with van der Waals surface area (Å²) in [5.74, 6) is -3.93. The lowest BCUT2D eigenvalue weighted by atomic mass is 9.75. The summed E-state index contributed by atoms with van der Waals surface area (Å²) in [6, 6.07) is 22.8. The second kappa shape index (κ2) is 17.6. The number of sulfone groups is 1. The smallest absolute Gasteiger partial charge is 0.322 e. The highest BCUT2D eigenvalue weighted by atomic mass is 32.2. The molecule has 0 aliphatic rings. The summed E-state index contributed by atoms with van der Waals surface area (Å²) in [6.07, 6.45) is -1.40. The van der Waals surface area contributed by atoms with Crippen LogP contribution in [0.25, 0.3) is 0 Å². The van der Waals surface area contributed by atoms with Crippen LogP contribution in [0.3, 0.4) is 0 Å². The summed E-state index contributed by atoms with van der Waals surface area (Å²) in [7, 11) is -2.94. The Hall–Kier alpha value is -5.77. The van der Waals surface area contributed by atoms with E-state index >= 15 is 0 Å². The Kier molecular flexibility index (Phi) is 13.4. The molecule has 292 valence electrons. The van der Waals surface area contributed by atoms with Crippen LogP contribution in [0.2, 0.25) is 0 Å². The van der Waals surface area contributed by atoms with Gasteiger partial charge in [0.2, 0.25) is 5.91 Å². The Labute approximate surface area is 320 Å². The van der Waals surface area contributed by atoms with Crippen molar-refractivity contribution in [1.29, 1.82) is 0 Å². The van der Waals surface area contributed by atoms with Gasteiger partial charge in [0.05, 0.1) is 30.2 Å². The third-order valence-corrected chi connectivity index (χ3v) is 12.1. The van der Waals surface area contributed by atoms with Crippen LogP contribution in [-0.4, -0.2) is 78.4 Å². The van der Waals surface area contributed by atoms with Crippen LogP contribution in [0.5, 0.6) is 5.75 Å². The lowest BCUT2D eigenvalue weighted by Crippen LogP contribution is -2.65. The lowest BCUT2D eigenvalue weighted by Gasteiger charge is -2.48. The Morgan fingerprint density at radius 1 is 0.818 bits per heavy atom. The normalized spacial score (nSPS) is 13.4. The molecule has 0 aliphatic heterocycles. The number of hydrogen-bond acceptors (Lipinski definition) is 9. The van der Waals surface area contributed by atoms with Gasteiger partial charge in [-0.2, -0.15) is 0 Å². The summed E-state index contributed by atoms with van der Waals surface area (Å²) >= 11 is 0. The number of amides is 1. The van der Waals surface area contributed by atoms with Gasteiger partial charge in [-0.15, -0.1) is 0 Å². The van der Waals surface area contributed by atoms with Crippen LogP contribution in [-0.2, 0) is 29.8 Å². The number of guanidine groups is 1. The second-order valence-electron chi connectivity index (χ2n) is 13.4. The average molecular weight is 773 g/mol. The first kappa shape index (κ1) is 42.0. The molecule has 4 aromatic carbocycles. The quantitative estimate of drug-likeness (QED) is 0.0370. The van der Waals surface area contributed by atoms with E-state index in [2.05, 4.69) is 10.4 Å². The fourth-order valence-corrected chi connectivity index (χ4v) is 9.09. The number of rotatable bonds is 18. The number of carbonyl (C=O) groups excluding carboxylic acids is 1. The molecule has 0 saturated heterocycles. The first-order valence-corrected chi connectivity index (χ1v) is 18.9. The molecule has 1 unspecified atom stereocenters. The van der Waals surface area contributed by atoms with Crippen molar-refractivity contribution in [3.63, 3.8) is 0 Å². The van der Waals surface area contributed by atoms with E-state index in [0.29, 0.717) is 39.1 Å². The lowest BCUT2D eigenvalue weighted by molar-refractivity contribution is -0.154. The van der Waals surface area contributed by atoms with Gasteiger partial charge in [-0.1, -0.05) is 90.5 Å². The Bertz CT molecular complexity index is 2100. The first-order chi connectivity index (χ1) is 26.0. The highest BCUT2D eigenvalue weighted by Gasteiger charge is 2.50. The molecule has 55 heavy (non-hydrogen) atoms. The summed E-state index contributed by atoms with van der Waals surface area (Å²) in [6.45, 7) is 6.29. The predicted molar refractivity (Wildman–Crippen MR) is 209 cm³/mol. The van der Waals surface area contributed by atoms with Crippen molar-refractivity contribution < 1.29 is 37.8 Å². The number of aliphatic imine (C=N–C) groups is 1. The highest BCUT2D eigenvalue weighted by molar-refractivity contribution is 7.92. The van der Waals surface area contributed by atoms with Gasteiger partial charge in [0, 0.05) is 0 Å². The van der Waals surface area contributed by atoms with Crippen molar-refractivity contribution >= 4 is 33.6 Å². The van der Waals surface area contributed by atoms with Crippen LogP contribution < -0.4 is 27.4 Å². The van der Waals surface area contributed by atoms with E-state index in [-0.39, 0.29) is 4.90 Å². The van der Waals surface area contributed by atoms with Crippen molar-refractivity contribution in [3.8, 4) is 5.75 Å². The standard InChI is InChI=1S/C40H48N6O8S/c1-24-16-18-30(19-17-24)40(28-12-8-6-9-13-28,29-14-10-7-11-15-29)46(33(38(50)51)22-35(41)47)45-32(37(48)49)21-31(23-44-39(42)43)55(52,53)36-25(2)20-34(54-5)26(3)27(36)4/h6-20,31-33,45H,21-23H2,1-5H3,(H2,41,47)(H,48,49)(H,50,51)(H4,42,43,44)/t31?,32-,33-/m0/s1. The van der Waals surface area contributed by atoms with Gasteiger partial charge in [-0.05, 0) is 73.6 Å². The van der Waals surface area contributed by atoms with Gasteiger partial charge in [-0.3, -0.25) is 19.4 Å². The van der Waals surface area contributed by atoms with E-state index < -0.39 is 75.9 Å². The molecular formula is C40H48N6O8S. The average Bonchev–Trinajstić information content (AvgIpc) is 3.14. The summed E-state index contributed by atoms with van der Waals surface area (Å²) in [4.78, 5) is 43.4. The first-order valence-electron chi connectivity index (χ1n) is 17.4. The van der Waals surface area contributed by atoms with Crippen LogP contribution in [0.1, 0.15) is 51.8 Å². The number of hydrogen-bond donors (Lipinski definition) is 6. The number of benzene rings is 4. The number of hydrazine groups is 1. The number of ether oxygens (including phenoxy) is 1. The van der Waals surface area contributed by atoms with Gasteiger partial charge in [-0.25, -0.2) is 18.9 Å². The maximum Gasteiger partial charge on any atom is 0.322 e. The molecule has 0 aliphatic carbocycles. The number of primary amides is 1. The van der Waals surface area contributed by atoms with Gasteiger partial charge in [0.15, 0.2) is 15.8 Å². The summed E-state index contributed by atoms with van der Waals surface area (Å²) < 4.78 is 34.8.